The van der Waals surface area contributed by atoms with Crippen molar-refractivity contribution in [1.82, 2.24) is 4.90 Å². The minimum Gasteiger partial charge on any atom is -0.383 e. The Balaban J connectivity index is 2.03. The number of hydrogen-bond donors (Lipinski definition) is 1. The fourth-order valence-corrected chi connectivity index (χ4v) is 2.77. The molecular formula is C15H22N2O2. The molecule has 0 bridgehead atoms. The van der Waals surface area contributed by atoms with Crippen molar-refractivity contribution >= 4 is 5.91 Å². The molecule has 0 aromatic heterocycles. The molecule has 0 radical (unpaired) electrons. The van der Waals surface area contributed by atoms with Crippen molar-refractivity contribution in [3.8, 4) is 0 Å². The molecule has 0 spiro atoms. The molecule has 4 heteroatoms. The number of hydrogen-bond acceptors (Lipinski definition) is 3. The summed E-state index contributed by atoms with van der Waals surface area (Å²) in [5, 5.41) is 0. The van der Waals surface area contributed by atoms with Gasteiger partial charge in [-0.25, -0.2) is 0 Å². The van der Waals surface area contributed by atoms with Crippen molar-refractivity contribution in [3.63, 3.8) is 0 Å². The lowest BCUT2D eigenvalue weighted by Gasteiger charge is -2.24. The Morgan fingerprint density at radius 2 is 2.16 bits per heavy atom. The van der Waals surface area contributed by atoms with Gasteiger partial charge in [0.1, 0.15) is 6.04 Å². The first-order chi connectivity index (χ1) is 9.13. The molecule has 1 saturated heterocycles. The number of likely N-dealkylation sites (tertiary alicyclic amines) is 1. The number of benzene rings is 1. The van der Waals surface area contributed by atoms with Gasteiger partial charge in [-0.05, 0) is 18.9 Å². The van der Waals surface area contributed by atoms with Crippen LogP contribution in [0.25, 0.3) is 0 Å². The van der Waals surface area contributed by atoms with Gasteiger partial charge in [0.15, 0.2) is 0 Å². The summed E-state index contributed by atoms with van der Waals surface area (Å²) in [5.41, 5.74) is 7.13. The number of methoxy groups -OCH3 is 1. The van der Waals surface area contributed by atoms with Gasteiger partial charge in [-0.3, -0.25) is 4.79 Å². The topological polar surface area (TPSA) is 55.6 Å². The third kappa shape index (κ3) is 3.14. The van der Waals surface area contributed by atoms with Gasteiger partial charge in [0.25, 0.3) is 0 Å². The average Bonchev–Trinajstić information content (AvgIpc) is 2.81. The minimum atomic E-state index is -0.554. The molecule has 2 rings (SSSR count). The summed E-state index contributed by atoms with van der Waals surface area (Å²) in [6.45, 7) is 3.11. The predicted molar refractivity (Wildman–Crippen MR) is 74.8 cm³/mol. The first-order valence-electron chi connectivity index (χ1n) is 6.73. The van der Waals surface area contributed by atoms with Crippen LogP contribution in [0.5, 0.6) is 0 Å². The van der Waals surface area contributed by atoms with Crippen LogP contribution in [0.2, 0.25) is 0 Å². The van der Waals surface area contributed by atoms with E-state index in [9.17, 15) is 4.79 Å². The molecule has 1 aliphatic heterocycles. The summed E-state index contributed by atoms with van der Waals surface area (Å²) < 4.78 is 4.96. The van der Waals surface area contributed by atoms with Gasteiger partial charge < -0.3 is 15.4 Å². The van der Waals surface area contributed by atoms with Crippen molar-refractivity contribution in [1.29, 1.82) is 0 Å². The Labute approximate surface area is 114 Å². The van der Waals surface area contributed by atoms with E-state index in [1.54, 1.807) is 7.11 Å². The number of carbonyl (C=O) groups excluding carboxylic acids is 1. The van der Waals surface area contributed by atoms with E-state index in [1.807, 2.05) is 23.1 Å². The minimum absolute atomic E-state index is 0.00668. The standard InChI is InChI=1S/C15H22N2O2/c1-11-8-13(12-6-4-3-5-7-12)9-17(11)15(18)14(16)10-19-2/h3-7,11,13-14H,8-10,16H2,1-2H3. The highest BCUT2D eigenvalue weighted by Crippen LogP contribution is 2.31. The van der Waals surface area contributed by atoms with Gasteiger partial charge in [0, 0.05) is 25.6 Å². The zero-order valence-electron chi connectivity index (χ0n) is 11.6. The molecule has 0 aliphatic carbocycles. The van der Waals surface area contributed by atoms with Crippen LogP contribution in [0.3, 0.4) is 0 Å². The van der Waals surface area contributed by atoms with Crippen molar-refractivity contribution in [2.75, 3.05) is 20.3 Å². The average molecular weight is 262 g/mol. The van der Waals surface area contributed by atoms with E-state index in [0.29, 0.717) is 5.92 Å². The van der Waals surface area contributed by atoms with Crippen LogP contribution in [0, 0.1) is 0 Å². The number of nitrogens with two attached hydrogens (primary N) is 1. The van der Waals surface area contributed by atoms with E-state index in [2.05, 4.69) is 19.1 Å². The van der Waals surface area contributed by atoms with Crippen molar-refractivity contribution in [3.05, 3.63) is 35.9 Å². The van der Waals surface area contributed by atoms with E-state index in [1.165, 1.54) is 5.56 Å². The third-order valence-electron chi connectivity index (χ3n) is 3.79. The van der Waals surface area contributed by atoms with Crippen LogP contribution in [0.1, 0.15) is 24.8 Å². The maximum absolute atomic E-state index is 12.2. The van der Waals surface area contributed by atoms with E-state index >= 15 is 0 Å². The fourth-order valence-electron chi connectivity index (χ4n) is 2.77. The molecular weight excluding hydrogens is 240 g/mol. The largest absolute Gasteiger partial charge is 0.383 e. The quantitative estimate of drug-likeness (QED) is 0.891. The van der Waals surface area contributed by atoms with Gasteiger partial charge in [-0.15, -0.1) is 0 Å². The highest BCUT2D eigenvalue weighted by Gasteiger charge is 2.35. The molecule has 3 atom stereocenters. The summed E-state index contributed by atoms with van der Waals surface area (Å²) in [6.07, 6.45) is 0.995. The highest BCUT2D eigenvalue weighted by molar-refractivity contribution is 5.82. The van der Waals surface area contributed by atoms with E-state index in [4.69, 9.17) is 10.5 Å². The summed E-state index contributed by atoms with van der Waals surface area (Å²) in [5.74, 6) is 0.405. The molecule has 1 aromatic rings. The second-order valence-electron chi connectivity index (χ2n) is 5.24. The molecule has 1 amide bonds. The Morgan fingerprint density at radius 3 is 2.79 bits per heavy atom. The van der Waals surface area contributed by atoms with Crippen molar-refractivity contribution < 1.29 is 9.53 Å². The smallest absolute Gasteiger partial charge is 0.242 e. The molecule has 4 nitrogen and oxygen atoms in total. The second kappa shape index (κ2) is 6.17. The predicted octanol–water partition coefficient (Wildman–Crippen LogP) is 1.36. The molecule has 1 aromatic carbocycles. The summed E-state index contributed by atoms with van der Waals surface area (Å²) in [6, 6.07) is 10.0. The lowest BCUT2D eigenvalue weighted by Crippen LogP contribution is -2.47. The third-order valence-corrected chi connectivity index (χ3v) is 3.79. The maximum Gasteiger partial charge on any atom is 0.242 e. The molecule has 0 saturated carbocycles. The normalized spacial score (nSPS) is 24.5. The fraction of sp³-hybridized carbons (Fsp3) is 0.533. The van der Waals surface area contributed by atoms with Gasteiger partial charge >= 0.3 is 0 Å². The van der Waals surface area contributed by atoms with E-state index in [0.717, 1.165) is 13.0 Å². The molecule has 2 N–H and O–H groups in total. The number of nitrogens with zero attached hydrogens (tertiary/aromatic N) is 1. The number of carbonyl (C=O) groups is 1. The number of amides is 1. The van der Waals surface area contributed by atoms with Crippen LogP contribution < -0.4 is 5.73 Å². The zero-order chi connectivity index (χ0) is 13.8. The van der Waals surface area contributed by atoms with Crippen molar-refractivity contribution in [2.45, 2.75) is 31.3 Å². The molecule has 19 heavy (non-hydrogen) atoms. The summed E-state index contributed by atoms with van der Waals surface area (Å²) in [7, 11) is 1.56. The Kier molecular flexibility index (Phi) is 4.56. The summed E-state index contributed by atoms with van der Waals surface area (Å²) >= 11 is 0. The lowest BCUT2D eigenvalue weighted by atomic mass is 9.97. The Morgan fingerprint density at radius 1 is 1.47 bits per heavy atom. The molecule has 1 fully saturated rings. The number of ether oxygens (including phenoxy) is 1. The lowest BCUT2D eigenvalue weighted by molar-refractivity contribution is -0.134. The maximum atomic E-state index is 12.2. The van der Waals surface area contributed by atoms with Gasteiger partial charge in [0.05, 0.1) is 6.61 Å². The molecule has 3 unspecified atom stereocenters. The molecule has 1 aliphatic rings. The van der Waals surface area contributed by atoms with Crippen molar-refractivity contribution in [2.24, 2.45) is 5.73 Å². The summed E-state index contributed by atoms with van der Waals surface area (Å²) in [4.78, 5) is 14.1. The van der Waals surface area contributed by atoms with Crippen LogP contribution in [0.4, 0.5) is 0 Å². The van der Waals surface area contributed by atoms with Gasteiger partial charge in [-0.2, -0.15) is 0 Å². The van der Waals surface area contributed by atoms with E-state index < -0.39 is 6.04 Å². The Hall–Kier alpha value is -1.39. The van der Waals surface area contributed by atoms with Crippen LogP contribution in [-0.2, 0) is 9.53 Å². The first-order valence-corrected chi connectivity index (χ1v) is 6.73. The highest BCUT2D eigenvalue weighted by atomic mass is 16.5. The molecule has 1 heterocycles. The second-order valence-corrected chi connectivity index (χ2v) is 5.24. The van der Waals surface area contributed by atoms with Crippen LogP contribution in [-0.4, -0.2) is 43.2 Å². The van der Waals surface area contributed by atoms with Gasteiger partial charge in [0.2, 0.25) is 5.91 Å². The SMILES string of the molecule is COCC(N)C(=O)N1CC(c2ccccc2)CC1C. The zero-order valence-corrected chi connectivity index (χ0v) is 11.6. The first kappa shape index (κ1) is 14.0. The monoisotopic (exact) mass is 262 g/mol. The van der Waals surface area contributed by atoms with Crippen LogP contribution in [0.15, 0.2) is 30.3 Å². The Bertz CT molecular complexity index is 421. The molecule has 104 valence electrons. The van der Waals surface area contributed by atoms with Crippen LogP contribution >= 0.6 is 0 Å². The van der Waals surface area contributed by atoms with Gasteiger partial charge in [-0.1, -0.05) is 30.3 Å². The number of rotatable bonds is 4. The van der Waals surface area contributed by atoms with E-state index in [-0.39, 0.29) is 18.6 Å².